The van der Waals surface area contributed by atoms with Gasteiger partial charge in [-0.25, -0.2) is 0 Å². The van der Waals surface area contributed by atoms with Crippen LogP contribution in [0.5, 0.6) is 0 Å². The van der Waals surface area contributed by atoms with Crippen molar-refractivity contribution < 1.29 is 5.21 Å². The molecule has 0 fully saturated rings. The Hall–Kier alpha value is -1.92. The number of rotatable bonds is 3. The van der Waals surface area contributed by atoms with Crippen LogP contribution in [0.2, 0.25) is 0 Å². The van der Waals surface area contributed by atoms with Gasteiger partial charge in [-0.1, -0.05) is 10.1 Å². The van der Waals surface area contributed by atoms with Crippen LogP contribution in [0.1, 0.15) is 11.4 Å². The molecule has 2 heterocycles. The van der Waals surface area contributed by atoms with Gasteiger partial charge in [0.15, 0.2) is 0 Å². The van der Waals surface area contributed by atoms with Crippen LogP contribution >= 0.6 is 0 Å². The molecule has 2 aromatic rings. The smallest absolute Gasteiger partial charge is 0.0900 e. The molecule has 14 heavy (non-hydrogen) atoms. The van der Waals surface area contributed by atoms with Crippen molar-refractivity contribution in [3.63, 3.8) is 0 Å². The Morgan fingerprint density at radius 3 is 2.29 bits per heavy atom. The molecule has 2 rings (SSSR count). The first kappa shape index (κ1) is 8.67. The fraction of sp³-hybridized carbons (Fsp3) is 0.429. The lowest BCUT2D eigenvalue weighted by atomic mass is 10.2. The summed E-state index contributed by atoms with van der Waals surface area (Å²) in [5.41, 5.74) is 1.64. The summed E-state index contributed by atoms with van der Waals surface area (Å²) in [4.78, 5) is 0.700. The van der Waals surface area contributed by atoms with E-state index in [-0.39, 0.29) is 0 Å². The second-order valence-corrected chi connectivity index (χ2v) is 3.01. The van der Waals surface area contributed by atoms with Gasteiger partial charge in [-0.05, 0) is 18.1 Å². The van der Waals surface area contributed by atoms with E-state index >= 15 is 0 Å². The van der Waals surface area contributed by atoms with Gasteiger partial charge in [-0.3, -0.25) is 4.68 Å². The van der Waals surface area contributed by atoms with Crippen LogP contribution in [0.4, 0.5) is 0 Å². The Bertz CT molecular complexity index is 379. The van der Waals surface area contributed by atoms with E-state index in [1.165, 1.54) is 6.20 Å². The highest BCUT2D eigenvalue weighted by atomic mass is 16.5. The van der Waals surface area contributed by atoms with Gasteiger partial charge in [0.2, 0.25) is 0 Å². The zero-order valence-corrected chi connectivity index (χ0v) is 7.70. The Morgan fingerprint density at radius 1 is 1.14 bits per heavy atom. The number of nitrogens with zero attached hydrogens (tertiary/aromatic N) is 6. The zero-order valence-electron chi connectivity index (χ0n) is 7.70. The van der Waals surface area contributed by atoms with Crippen molar-refractivity contribution in [1.82, 2.24) is 30.2 Å². The molecule has 0 aliphatic rings. The van der Waals surface area contributed by atoms with Crippen LogP contribution in [-0.2, 0) is 19.9 Å². The summed E-state index contributed by atoms with van der Waals surface area (Å²) in [5, 5.41) is 23.8. The molecule has 0 aromatic carbocycles. The maximum absolute atomic E-state index is 8.87. The first-order chi connectivity index (χ1) is 6.74. The number of hydrogen-bond acceptors (Lipinski definition) is 5. The van der Waals surface area contributed by atoms with Gasteiger partial charge in [0.25, 0.3) is 0 Å². The van der Waals surface area contributed by atoms with E-state index in [2.05, 4.69) is 20.6 Å². The van der Waals surface area contributed by atoms with Crippen LogP contribution in [-0.4, -0.2) is 35.4 Å². The lowest BCUT2D eigenvalue weighted by Gasteiger charge is -1.90. The molecule has 0 aliphatic heterocycles. The highest BCUT2D eigenvalue weighted by Crippen LogP contribution is 2.00. The molecule has 0 amide bonds. The lowest BCUT2D eigenvalue weighted by Crippen LogP contribution is -1.92. The summed E-state index contributed by atoms with van der Waals surface area (Å²) in [7, 11) is 1.82. The predicted molar refractivity (Wildman–Crippen MR) is 45.6 cm³/mol. The fourth-order valence-electron chi connectivity index (χ4n) is 1.17. The van der Waals surface area contributed by atoms with Crippen molar-refractivity contribution in [2.24, 2.45) is 7.05 Å². The Balaban J connectivity index is 1.94. The van der Waals surface area contributed by atoms with Crippen LogP contribution in [0, 0.1) is 0 Å². The highest BCUT2D eigenvalue weighted by Gasteiger charge is 2.02. The topological polar surface area (TPSA) is 81.7 Å². The van der Waals surface area contributed by atoms with E-state index in [1.54, 1.807) is 4.68 Å². The normalized spacial score (nSPS) is 10.6. The van der Waals surface area contributed by atoms with E-state index in [9.17, 15) is 0 Å². The van der Waals surface area contributed by atoms with Gasteiger partial charge >= 0.3 is 0 Å². The van der Waals surface area contributed by atoms with Crippen molar-refractivity contribution in [2.75, 3.05) is 0 Å². The zero-order chi connectivity index (χ0) is 9.97. The first-order valence-corrected chi connectivity index (χ1v) is 4.20. The average Bonchev–Trinajstić information content (AvgIpc) is 2.72. The van der Waals surface area contributed by atoms with Crippen LogP contribution in [0.15, 0.2) is 12.4 Å². The van der Waals surface area contributed by atoms with Crippen molar-refractivity contribution >= 4 is 0 Å². The minimum Gasteiger partial charge on any atom is -0.411 e. The molecule has 0 unspecified atom stereocenters. The van der Waals surface area contributed by atoms with Crippen LogP contribution < -0.4 is 0 Å². The van der Waals surface area contributed by atoms with E-state index < -0.39 is 0 Å². The lowest BCUT2D eigenvalue weighted by molar-refractivity contribution is 0.143. The monoisotopic (exact) mass is 194 g/mol. The molecule has 74 valence electrons. The van der Waals surface area contributed by atoms with Crippen molar-refractivity contribution in [3.05, 3.63) is 23.8 Å². The molecule has 0 radical (unpaired) electrons. The van der Waals surface area contributed by atoms with Gasteiger partial charge in [-0.2, -0.15) is 0 Å². The maximum atomic E-state index is 8.87. The summed E-state index contributed by atoms with van der Waals surface area (Å²) >= 11 is 0. The van der Waals surface area contributed by atoms with Crippen molar-refractivity contribution in [2.45, 2.75) is 12.8 Å². The third-order valence-electron chi connectivity index (χ3n) is 1.82. The third-order valence-corrected chi connectivity index (χ3v) is 1.82. The molecule has 2 aromatic heterocycles. The van der Waals surface area contributed by atoms with Gasteiger partial charge in [-0.15, -0.1) is 10.2 Å². The van der Waals surface area contributed by atoms with E-state index in [1.807, 2.05) is 13.2 Å². The molecule has 0 saturated carbocycles. The van der Waals surface area contributed by atoms with Crippen molar-refractivity contribution in [1.29, 1.82) is 0 Å². The molecule has 0 aliphatic carbocycles. The van der Waals surface area contributed by atoms with E-state index in [0.717, 1.165) is 17.8 Å². The van der Waals surface area contributed by atoms with Gasteiger partial charge in [0.1, 0.15) is 0 Å². The largest absolute Gasteiger partial charge is 0.411 e. The highest BCUT2D eigenvalue weighted by molar-refractivity contribution is 4.99. The Morgan fingerprint density at radius 2 is 1.79 bits per heavy atom. The van der Waals surface area contributed by atoms with Gasteiger partial charge in [0, 0.05) is 13.2 Å². The summed E-state index contributed by atoms with van der Waals surface area (Å²) in [6.07, 6.45) is 4.76. The molecule has 1 N–H and O–H groups in total. The molecule has 7 nitrogen and oxygen atoms in total. The summed E-state index contributed by atoms with van der Waals surface area (Å²) in [6, 6.07) is 0. The first-order valence-electron chi connectivity index (χ1n) is 4.20. The summed E-state index contributed by atoms with van der Waals surface area (Å²) in [5.74, 6) is 0. The van der Waals surface area contributed by atoms with Crippen molar-refractivity contribution in [3.8, 4) is 0 Å². The molecule has 0 spiro atoms. The standard InChI is InChI=1S/C7H10N6O/c1-12-4-6(8-10-12)2-3-7-5-13(14)11-9-7/h4-5,14H,2-3H2,1H3. The van der Waals surface area contributed by atoms with Gasteiger partial charge < -0.3 is 5.21 Å². The summed E-state index contributed by atoms with van der Waals surface area (Å²) < 4.78 is 1.65. The van der Waals surface area contributed by atoms with E-state index in [4.69, 9.17) is 5.21 Å². The molecular formula is C7H10N6O. The number of aryl methyl sites for hydroxylation is 3. The number of aromatic nitrogens is 6. The van der Waals surface area contributed by atoms with Crippen LogP contribution in [0.25, 0.3) is 0 Å². The minimum atomic E-state index is 0.694. The van der Waals surface area contributed by atoms with Crippen LogP contribution in [0.3, 0.4) is 0 Å². The Kier molecular flexibility index (Phi) is 2.13. The second kappa shape index (κ2) is 3.44. The second-order valence-electron chi connectivity index (χ2n) is 3.01. The molecule has 0 saturated heterocycles. The number of hydrogen-bond donors (Lipinski definition) is 1. The Labute approximate surface area is 79.9 Å². The minimum absolute atomic E-state index is 0.694. The SMILES string of the molecule is Cn1cc(CCc2cn(O)nn2)nn1. The maximum Gasteiger partial charge on any atom is 0.0900 e. The summed E-state index contributed by atoms with van der Waals surface area (Å²) in [6.45, 7) is 0. The average molecular weight is 194 g/mol. The fourth-order valence-corrected chi connectivity index (χ4v) is 1.17. The molecular weight excluding hydrogens is 184 g/mol. The quantitative estimate of drug-likeness (QED) is 0.661. The van der Waals surface area contributed by atoms with Gasteiger partial charge in [0.05, 0.1) is 17.6 Å². The predicted octanol–water partition coefficient (Wildman–Crippen LogP) is -0.571. The third kappa shape index (κ3) is 1.87. The molecule has 7 heteroatoms. The van der Waals surface area contributed by atoms with E-state index in [0.29, 0.717) is 11.3 Å². The molecule has 0 bridgehead atoms. The molecule has 0 atom stereocenters.